The molecule has 1 aromatic carbocycles. The largest absolute Gasteiger partial charge is 0.492 e. The molecule has 1 saturated heterocycles. The lowest BCUT2D eigenvalue weighted by Gasteiger charge is -2.32. The number of aromatic nitrogens is 2. The molecule has 1 fully saturated rings. The number of halogens is 1. The molecule has 0 radical (unpaired) electrons. The summed E-state index contributed by atoms with van der Waals surface area (Å²) in [5.41, 5.74) is 0. The molecular formula is C17H21FN4O2. The minimum atomic E-state index is -0.283. The average Bonchev–Trinajstić information content (AvgIpc) is 2.61. The SMILES string of the molecule is Fc1cccc(OCCN2CCO[C@H](CNc3cccnn3)C2)c1. The van der Waals surface area contributed by atoms with Crippen LogP contribution in [0.15, 0.2) is 42.6 Å². The number of morpholine rings is 1. The number of nitrogens with zero attached hydrogens (tertiary/aromatic N) is 3. The van der Waals surface area contributed by atoms with Crippen LogP contribution in [0.5, 0.6) is 5.75 Å². The van der Waals surface area contributed by atoms with Crippen LogP contribution < -0.4 is 10.1 Å². The van der Waals surface area contributed by atoms with Gasteiger partial charge < -0.3 is 14.8 Å². The van der Waals surface area contributed by atoms with Crippen molar-refractivity contribution in [3.8, 4) is 5.75 Å². The zero-order valence-electron chi connectivity index (χ0n) is 13.4. The number of ether oxygens (including phenoxy) is 2. The Labute approximate surface area is 140 Å². The Kier molecular flexibility index (Phi) is 5.92. The minimum absolute atomic E-state index is 0.0925. The Morgan fingerprint density at radius 3 is 3.12 bits per heavy atom. The van der Waals surface area contributed by atoms with E-state index in [0.29, 0.717) is 25.5 Å². The highest BCUT2D eigenvalue weighted by Gasteiger charge is 2.20. The van der Waals surface area contributed by atoms with Crippen molar-refractivity contribution in [3.05, 3.63) is 48.4 Å². The molecule has 0 aliphatic carbocycles. The van der Waals surface area contributed by atoms with Gasteiger partial charge in [-0.2, -0.15) is 5.10 Å². The first kappa shape index (κ1) is 16.6. The molecule has 0 spiro atoms. The van der Waals surface area contributed by atoms with Crippen LogP contribution in [-0.4, -0.2) is 60.6 Å². The van der Waals surface area contributed by atoms with Gasteiger partial charge in [-0.25, -0.2) is 4.39 Å². The van der Waals surface area contributed by atoms with Gasteiger partial charge >= 0.3 is 0 Å². The van der Waals surface area contributed by atoms with Crippen molar-refractivity contribution in [1.29, 1.82) is 0 Å². The first-order valence-electron chi connectivity index (χ1n) is 8.03. The Bertz CT molecular complexity index is 629. The van der Waals surface area contributed by atoms with Crippen molar-refractivity contribution in [2.24, 2.45) is 0 Å². The van der Waals surface area contributed by atoms with Gasteiger partial charge in [0.15, 0.2) is 0 Å². The van der Waals surface area contributed by atoms with Gasteiger partial charge in [-0.15, -0.1) is 5.10 Å². The van der Waals surface area contributed by atoms with Crippen molar-refractivity contribution < 1.29 is 13.9 Å². The second-order valence-electron chi connectivity index (χ2n) is 5.59. The molecule has 1 aliphatic heterocycles. The van der Waals surface area contributed by atoms with Crippen molar-refractivity contribution in [2.75, 3.05) is 44.7 Å². The fraction of sp³-hybridized carbons (Fsp3) is 0.412. The van der Waals surface area contributed by atoms with E-state index >= 15 is 0 Å². The lowest BCUT2D eigenvalue weighted by atomic mass is 10.2. The number of rotatable bonds is 7. The molecule has 1 aliphatic rings. The third kappa shape index (κ3) is 5.14. The molecule has 2 aromatic rings. The van der Waals surface area contributed by atoms with Gasteiger partial charge in [0, 0.05) is 38.4 Å². The normalized spacial score (nSPS) is 18.3. The number of anilines is 1. The van der Waals surface area contributed by atoms with E-state index in [0.717, 1.165) is 25.5 Å². The Hall–Kier alpha value is -2.25. The number of nitrogens with one attached hydrogen (secondary N) is 1. The predicted octanol–water partition coefficient (Wildman–Crippen LogP) is 1.81. The Morgan fingerprint density at radius 1 is 1.33 bits per heavy atom. The highest BCUT2D eigenvalue weighted by molar-refractivity contribution is 5.31. The molecule has 1 N–H and O–H groups in total. The van der Waals surface area contributed by atoms with Gasteiger partial charge in [0.1, 0.15) is 24.0 Å². The van der Waals surface area contributed by atoms with Gasteiger partial charge in [0.2, 0.25) is 0 Å². The zero-order valence-corrected chi connectivity index (χ0v) is 13.4. The van der Waals surface area contributed by atoms with E-state index in [4.69, 9.17) is 9.47 Å². The lowest BCUT2D eigenvalue weighted by molar-refractivity contribution is -0.0242. The van der Waals surface area contributed by atoms with Crippen LogP contribution in [0, 0.1) is 5.82 Å². The van der Waals surface area contributed by atoms with E-state index in [2.05, 4.69) is 20.4 Å². The van der Waals surface area contributed by atoms with Crippen LogP contribution in [-0.2, 0) is 4.74 Å². The van der Waals surface area contributed by atoms with Crippen molar-refractivity contribution in [3.63, 3.8) is 0 Å². The van der Waals surface area contributed by atoms with Gasteiger partial charge in [0.05, 0.1) is 12.7 Å². The maximum absolute atomic E-state index is 13.1. The molecular weight excluding hydrogens is 311 g/mol. The predicted molar refractivity (Wildman–Crippen MR) is 88.6 cm³/mol. The van der Waals surface area contributed by atoms with Crippen LogP contribution in [0.3, 0.4) is 0 Å². The highest BCUT2D eigenvalue weighted by atomic mass is 19.1. The van der Waals surface area contributed by atoms with Crippen LogP contribution >= 0.6 is 0 Å². The summed E-state index contributed by atoms with van der Waals surface area (Å²) in [5, 5.41) is 11.0. The second kappa shape index (κ2) is 8.56. The topological polar surface area (TPSA) is 59.5 Å². The zero-order chi connectivity index (χ0) is 16.6. The first-order chi connectivity index (χ1) is 11.8. The summed E-state index contributed by atoms with van der Waals surface area (Å²) < 4.78 is 24.5. The summed E-state index contributed by atoms with van der Waals surface area (Å²) in [5.74, 6) is 1.02. The highest BCUT2D eigenvalue weighted by Crippen LogP contribution is 2.12. The van der Waals surface area contributed by atoms with E-state index in [9.17, 15) is 4.39 Å². The number of hydrogen-bond acceptors (Lipinski definition) is 6. The Balaban J connectivity index is 1.39. The molecule has 0 bridgehead atoms. The van der Waals surface area contributed by atoms with E-state index < -0.39 is 0 Å². The second-order valence-corrected chi connectivity index (χ2v) is 5.59. The molecule has 0 unspecified atom stereocenters. The monoisotopic (exact) mass is 332 g/mol. The smallest absolute Gasteiger partial charge is 0.148 e. The molecule has 24 heavy (non-hydrogen) atoms. The third-order valence-corrected chi connectivity index (χ3v) is 3.78. The molecule has 3 rings (SSSR count). The quantitative estimate of drug-likeness (QED) is 0.834. The Morgan fingerprint density at radius 2 is 2.29 bits per heavy atom. The van der Waals surface area contributed by atoms with Crippen LogP contribution in [0.25, 0.3) is 0 Å². The van der Waals surface area contributed by atoms with Crippen LogP contribution in [0.2, 0.25) is 0 Å². The fourth-order valence-corrected chi connectivity index (χ4v) is 2.57. The summed E-state index contributed by atoms with van der Waals surface area (Å²) in [6, 6.07) is 9.92. The molecule has 0 amide bonds. The molecule has 0 saturated carbocycles. The van der Waals surface area contributed by atoms with Gasteiger partial charge in [0.25, 0.3) is 0 Å². The van der Waals surface area contributed by atoms with Gasteiger partial charge in [-0.3, -0.25) is 4.90 Å². The lowest BCUT2D eigenvalue weighted by Crippen LogP contribution is -2.46. The molecule has 128 valence electrons. The molecule has 6 nitrogen and oxygen atoms in total. The van der Waals surface area contributed by atoms with Crippen molar-refractivity contribution >= 4 is 5.82 Å². The van der Waals surface area contributed by atoms with Gasteiger partial charge in [-0.05, 0) is 24.3 Å². The van der Waals surface area contributed by atoms with Crippen LogP contribution in [0.1, 0.15) is 0 Å². The summed E-state index contributed by atoms with van der Waals surface area (Å²) in [4.78, 5) is 2.28. The number of benzene rings is 1. The van der Waals surface area contributed by atoms with E-state index in [1.165, 1.54) is 12.1 Å². The molecule has 1 aromatic heterocycles. The maximum atomic E-state index is 13.1. The van der Waals surface area contributed by atoms with Crippen molar-refractivity contribution in [2.45, 2.75) is 6.10 Å². The van der Waals surface area contributed by atoms with Gasteiger partial charge in [-0.1, -0.05) is 6.07 Å². The first-order valence-corrected chi connectivity index (χ1v) is 8.03. The average molecular weight is 332 g/mol. The molecule has 2 heterocycles. The van der Waals surface area contributed by atoms with Crippen molar-refractivity contribution in [1.82, 2.24) is 15.1 Å². The summed E-state index contributed by atoms with van der Waals surface area (Å²) >= 11 is 0. The summed E-state index contributed by atoms with van der Waals surface area (Å²) in [7, 11) is 0. The molecule has 7 heteroatoms. The fourth-order valence-electron chi connectivity index (χ4n) is 2.57. The van der Waals surface area contributed by atoms with Crippen LogP contribution in [0.4, 0.5) is 10.2 Å². The number of hydrogen-bond donors (Lipinski definition) is 1. The maximum Gasteiger partial charge on any atom is 0.148 e. The van der Waals surface area contributed by atoms with E-state index in [1.807, 2.05) is 12.1 Å². The summed E-state index contributed by atoms with van der Waals surface area (Å²) in [6.45, 7) is 4.36. The minimum Gasteiger partial charge on any atom is -0.492 e. The third-order valence-electron chi connectivity index (χ3n) is 3.78. The summed E-state index contributed by atoms with van der Waals surface area (Å²) in [6.07, 6.45) is 1.73. The van der Waals surface area contributed by atoms with E-state index in [-0.39, 0.29) is 11.9 Å². The van der Waals surface area contributed by atoms with E-state index in [1.54, 1.807) is 18.3 Å². The molecule has 1 atom stereocenters. The standard InChI is InChI=1S/C17H21FN4O2/c18-14-3-1-4-15(11-14)23-9-7-22-8-10-24-16(13-22)12-19-17-5-2-6-20-21-17/h1-6,11,16H,7-10,12-13H2,(H,19,21)/t16-/m1/s1.